The van der Waals surface area contributed by atoms with E-state index < -0.39 is 0 Å². The highest BCUT2D eigenvalue weighted by atomic mass is 16.5. The molecule has 92 valence electrons. The van der Waals surface area contributed by atoms with Crippen LogP contribution in [-0.2, 0) is 16.0 Å². The summed E-state index contributed by atoms with van der Waals surface area (Å²) in [5.41, 5.74) is 2.29. The Hall–Kier alpha value is -1.51. The Balaban J connectivity index is 2.07. The molecule has 3 nitrogen and oxygen atoms in total. The molecule has 1 heterocycles. The summed E-state index contributed by atoms with van der Waals surface area (Å²) in [7, 11) is 0. The van der Waals surface area contributed by atoms with Crippen LogP contribution in [0.15, 0.2) is 24.3 Å². The van der Waals surface area contributed by atoms with Gasteiger partial charge in [-0.1, -0.05) is 18.2 Å². The molecule has 1 aliphatic heterocycles. The van der Waals surface area contributed by atoms with Crippen LogP contribution in [0.2, 0.25) is 0 Å². The zero-order valence-electron chi connectivity index (χ0n) is 10.5. The molecule has 1 aromatic carbocycles. The number of para-hydroxylation sites is 1. The maximum absolute atomic E-state index is 11.6. The fourth-order valence-corrected chi connectivity index (χ4v) is 2.32. The Labute approximate surface area is 102 Å². The van der Waals surface area contributed by atoms with E-state index in [0.29, 0.717) is 13.0 Å². The minimum absolute atomic E-state index is 0.123. The van der Waals surface area contributed by atoms with Gasteiger partial charge in [0.2, 0.25) is 0 Å². The number of carbonyl (C=O) groups is 1. The van der Waals surface area contributed by atoms with E-state index in [9.17, 15) is 4.79 Å². The van der Waals surface area contributed by atoms with E-state index in [-0.39, 0.29) is 11.5 Å². The lowest BCUT2D eigenvalue weighted by molar-refractivity contribution is -0.144. The summed E-state index contributed by atoms with van der Waals surface area (Å²) in [6, 6.07) is 8.26. The molecule has 2 rings (SSSR count). The summed E-state index contributed by atoms with van der Waals surface area (Å²) in [5, 5.41) is 3.46. The highest BCUT2D eigenvalue weighted by Crippen LogP contribution is 2.32. The number of carbonyl (C=O) groups excluding carboxylic acids is 1. The molecule has 1 N–H and O–H groups in total. The number of rotatable bonds is 3. The number of anilines is 1. The molecule has 0 aliphatic carbocycles. The van der Waals surface area contributed by atoms with Gasteiger partial charge in [0.1, 0.15) is 0 Å². The van der Waals surface area contributed by atoms with Crippen molar-refractivity contribution in [3.63, 3.8) is 0 Å². The average Bonchev–Trinajstić information content (AvgIpc) is 2.28. The summed E-state index contributed by atoms with van der Waals surface area (Å²) < 4.78 is 5.02. The van der Waals surface area contributed by atoms with Crippen LogP contribution >= 0.6 is 0 Å². The van der Waals surface area contributed by atoms with E-state index in [2.05, 4.69) is 30.4 Å². The summed E-state index contributed by atoms with van der Waals surface area (Å²) in [4.78, 5) is 11.6. The Morgan fingerprint density at radius 3 is 3.00 bits per heavy atom. The number of ether oxygens (including phenoxy) is 1. The van der Waals surface area contributed by atoms with Crippen LogP contribution in [0.3, 0.4) is 0 Å². The molecule has 1 aliphatic rings. The van der Waals surface area contributed by atoms with Gasteiger partial charge in [-0.3, -0.25) is 4.79 Å². The third-order valence-electron chi connectivity index (χ3n) is 3.24. The van der Waals surface area contributed by atoms with Gasteiger partial charge >= 0.3 is 5.97 Å². The second kappa shape index (κ2) is 4.78. The Bertz CT molecular complexity index is 416. The van der Waals surface area contributed by atoms with Gasteiger partial charge in [0, 0.05) is 11.2 Å². The molecule has 0 amide bonds. The molecule has 0 radical (unpaired) electrons. The minimum Gasteiger partial charge on any atom is -0.466 e. The number of hydrogen-bond donors (Lipinski definition) is 1. The van der Waals surface area contributed by atoms with Crippen molar-refractivity contribution in [3.05, 3.63) is 29.8 Å². The van der Waals surface area contributed by atoms with E-state index in [1.807, 2.05) is 13.0 Å². The van der Waals surface area contributed by atoms with E-state index in [4.69, 9.17) is 4.74 Å². The molecule has 0 bridgehead atoms. The van der Waals surface area contributed by atoms with Gasteiger partial charge in [-0.2, -0.15) is 0 Å². The lowest BCUT2D eigenvalue weighted by Gasteiger charge is -2.36. The molecular weight excluding hydrogens is 214 g/mol. The summed E-state index contributed by atoms with van der Waals surface area (Å²) >= 11 is 0. The van der Waals surface area contributed by atoms with E-state index >= 15 is 0 Å². The first-order chi connectivity index (χ1) is 8.13. The topological polar surface area (TPSA) is 38.3 Å². The summed E-state index contributed by atoms with van der Waals surface area (Å²) in [6.07, 6.45) is 2.40. The Kier molecular flexibility index (Phi) is 3.36. The smallest absolute Gasteiger partial charge is 0.308 e. The third-order valence-corrected chi connectivity index (χ3v) is 3.24. The van der Waals surface area contributed by atoms with Crippen LogP contribution in [0.1, 0.15) is 32.3 Å². The van der Waals surface area contributed by atoms with Crippen LogP contribution in [0.5, 0.6) is 0 Å². The quantitative estimate of drug-likeness (QED) is 0.816. The predicted octanol–water partition coefficient (Wildman–Crippen LogP) is 2.76. The highest BCUT2D eigenvalue weighted by Gasteiger charge is 2.31. The molecule has 0 fully saturated rings. The first-order valence-electron chi connectivity index (χ1n) is 6.15. The lowest BCUT2D eigenvalue weighted by Crippen LogP contribution is -2.41. The van der Waals surface area contributed by atoms with E-state index in [1.165, 1.54) is 5.56 Å². The number of hydrogen-bond acceptors (Lipinski definition) is 3. The molecule has 0 spiro atoms. The lowest BCUT2D eigenvalue weighted by atomic mass is 9.85. The van der Waals surface area contributed by atoms with Crippen molar-refractivity contribution >= 4 is 11.7 Å². The van der Waals surface area contributed by atoms with Gasteiger partial charge in [0.15, 0.2) is 0 Å². The average molecular weight is 233 g/mol. The first kappa shape index (κ1) is 12.0. The zero-order chi connectivity index (χ0) is 12.3. The van der Waals surface area contributed by atoms with Gasteiger partial charge < -0.3 is 10.1 Å². The molecule has 0 aromatic heterocycles. The SMILES string of the molecule is CCOC(=O)CC1(C)CCc2ccccc2N1. The fraction of sp³-hybridized carbons (Fsp3) is 0.500. The van der Waals surface area contributed by atoms with Gasteiger partial charge in [0.25, 0.3) is 0 Å². The number of nitrogens with one attached hydrogen (secondary N) is 1. The van der Waals surface area contributed by atoms with Crippen molar-refractivity contribution in [2.75, 3.05) is 11.9 Å². The van der Waals surface area contributed by atoms with Crippen LogP contribution in [0.4, 0.5) is 5.69 Å². The fourth-order valence-electron chi connectivity index (χ4n) is 2.32. The zero-order valence-corrected chi connectivity index (χ0v) is 10.5. The minimum atomic E-state index is -0.180. The largest absolute Gasteiger partial charge is 0.466 e. The normalized spacial score (nSPS) is 22.5. The number of fused-ring (bicyclic) bond motifs is 1. The van der Waals surface area contributed by atoms with Gasteiger partial charge in [0.05, 0.1) is 13.0 Å². The molecular formula is C14H19NO2. The first-order valence-corrected chi connectivity index (χ1v) is 6.15. The van der Waals surface area contributed by atoms with Gasteiger partial charge in [-0.15, -0.1) is 0 Å². The molecule has 0 saturated heterocycles. The summed E-state index contributed by atoms with van der Waals surface area (Å²) in [5.74, 6) is -0.123. The number of aryl methyl sites for hydroxylation is 1. The van der Waals surface area contributed by atoms with Crippen molar-refractivity contribution in [1.29, 1.82) is 0 Å². The second-order valence-corrected chi connectivity index (χ2v) is 4.82. The van der Waals surface area contributed by atoms with Gasteiger partial charge in [-0.05, 0) is 38.3 Å². The number of esters is 1. The standard InChI is InChI=1S/C14H19NO2/c1-3-17-13(16)10-14(2)9-8-11-6-4-5-7-12(11)15-14/h4-7,15H,3,8-10H2,1-2H3. The van der Waals surface area contributed by atoms with Crippen LogP contribution in [0.25, 0.3) is 0 Å². The molecule has 1 atom stereocenters. The van der Waals surface area contributed by atoms with Crippen molar-refractivity contribution in [3.8, 4) is 0 Å². The summed E-state index contributed by atoms with van der Waals surface area (Å²) in [6.45, 7) is 4.37. The Morgan fingerprint density at radius 1 is 1.47 bits per heavy atom. The van der Waals surface area contributed by atoms with Crippen LogP contribution in [0, 0.1) is 0 Å². The second-order valence-electron chi connectivity index (χ2n) is 4.82. The number of benzene rings is 1. The predicted molar refractivity (Wildman–Crippen MR) is 68.0 cm³/mol. The van der Waals surface area contributed by atoms with Crippen LogP contribution < -0.4 is 5.32 Å². The van der Waals surface area contributed by atoms with E-state index in [0.717, 1.165) is 18.5 Å². The van der Waals surface area contributed by atoms with Crippen molar-refractivity contribution in [2.45, 2.75) is 38.6 Å². The van der Waals surface area contributed by atoms with E-state index in [1.54, 1.807) is 0 Å². The maximum Gasteiger partial charge on any atom is 0.308 e. The molecule has 3 heteroatoms. The molecule has 17 heavy (non-hydrogen) atoms. The molecule has 1 aromatic rings. The van der Waals surface area contributed by atoms with Gasteiger partial charge in [-0.25, -0.2) is 0 Å². The Morgan fingerprint density at radius 2 is 2.24 bits per heavy atom. The van der Waals surface area contributed by atoms with Crippen molar-refractivity contribution < 1.29 is 9.53 Å². The van der Waals surface area contributed by atoms with Crippen LogP contribution in [-0.4, -0.2) is 18.1 Å². The highest BCUT2D eigenvalue weighted by molar-refractivity contribution is 5.72. The monoisotopic (exact) mass is 233 g/mol. The van der Waals surface area contributed by atoms with Crippen molar-refractivity contribution in [2.24, 2.45) is 0 Å². The third kappa shape index (κ3) is 2.78. The maximum atomic E-state index is 11.6. The molecule has 0 saturated carbocycles. The van der Waals surface area contributed by atoms with Crippen molar-refractivity contribution in [1.82, 2.24) is 0 Å². The molecule has 1 unspecified atom stereocenters.